The number of imidazole rings is 1. The molecule has 1 aromatic carbocycles. The molecule has 1 heterocycles. The van der Waals surface area contributed by atoms with Crippen molar-refractivity contribution in [1.82, 2.24) is 9.13 Å². The minimum Gasteiger partial charge on any atom is -0.480 e. The average Bonchev–Trinajstić information content (AvgIpc) is 2.63. The highest BCUT2D eigenvalue weighted by Crippen LogP contribution is 2.18. The van der Waals surface area contributed by atoms with Gasteiger partial charge < -0.3 is 15.6 Å². The van der Waals surface area contributed by atoms with Crippen LogP contribution in [0.3, 0.4) is 0 Å². The molecule has 1 atom stereocenters. The molecule has 0 aliphatic carbocycles. The maximum atomic E-state index is 11.8. The normalized spacial score (nSPS) is 12.8. The van der Waals surface area contributed by atoms with E-state index in [1.54, 1.807) is 23.2 Å². The Labute approximate surface area is 115 Å². The fourth-order valence-electron chi connectivity index (χ4n) is 2.12. The van der Waals surface area contributed by atoms with Gasteiger partial charge in [0, 0.05) is 14.1 Å². The van der Waals surface area contributed by atoms with Crippen molar-refractivity contribution in [3.05, 3.63) is 34.2 Å². The van der Waals surface area contributed by atoms with Crippen LogP contribution in [0.1, 0.15) is 11.6 Å². The predicted octanol–water partition coefficient (Wildman–Crippen LogP) is -0.0220. The number of aliphatic carboxylic acids is 1. The van der Waals surface area contributed by atoms with Crippen LogP contribution in [0.15, 0.2) is 23.0 Å². The Morgan fingerprint density at radius 2 is 2.00 bits per heavy atom. The first-order chi connectivity index (χ1) is 9.41. The second-order valence-electron chi connectivity index (χ2n) is 4.66. The van der Waals surface area contributed by atoms with E-state index in [0.29, 0.717) is 0 Å². The molecule has 0 spiro atoms. The number of carbonyl (C=O) groups is 1. The van der Waals surface area contributed by atoms with E-state index < -0.39 is 12.0 Å². The van der Waals surface area contributed by atoms with Crippen LogP contribution in [0.5, 0.6) is 0 Å². The average molecular weight is 279 g/mol. The monoisotopic (exact) mass is 279 g/mol. The molecular weight excluding hydrogens is 262 g/mol. The predicted molar refractivity (Wildman–Crippen MR) is 73.5 cm³/mol. The number of aromatic nitrogens is 2. The summed E-state index contributed by atoms with van der Waals surface area (Å²) in [6.45, 7) is -0.266. The van der Waals surface area contributed by atoms with Crippen molar-refractivity contribution in [3.8, 4) is 0 Å². The molecule has 0 amide bonds. The molecule has 0 radical (unpaired) electrons. The second-order valence-corrected chi connectivity index (χ2v) is 4.66. The zero-order valence-corrected chi connectivity index (χ0v) is 11.4. The minimum atomic E-state index is -1.03. The van der Waals surface area contributed by atoms with E-state index in [1.165, 1.54) is 0 Å². The van der Waals surface area contributed by atoms with Crippen molar-refractivity contribution in [2.24, 2.45) is 19.8 Å². The van der Waals surface area contributed by atoms with E-state index in [2.05, 4.69) is 0 Å². The van der Waals surface area contributed by atoms with Gasteiger partial charge in [0.25, 0.3) is 0 Å². The maximum Gasteiger partial charge on any atom is 0.329 e. The number of ether oxygens (including phenoxy) is 1. The first-order valence-corrected chi connectivity index (χ1v) is 6.12. The van der Waals surface area contributed by atoms with Crippen LogP contribution in [0.4, 0.5) is 0 Å². The number of benzene rings is 1. The third-order valence-corrected chi connectivity index (χ3v) is 3.25. The highest BCUT2D eigenvalue weighted by molar-refractivity contribution is 5.77. The van der Waals surface area contributed by atoms with Crippen molar-refractivity contribution in [2.45, 2.75) is 6.04 Å². The van der Waals surface area contributed by atoms with Gasteiger partial charge in [-0.25, -0.2) is 9.59 Å². The molecule has 108 valence electrons. The summed E-state index contributed by atoms with van der Waals surface area (Å²) in [5, 5.41) is 8.50. The van der Waals surface area contributed by atoms with E-state index in [-0.39, 0.29) is 18.9 Å². The molecule has 0 fully saturated rings. The molecule has 0 aliphatic heterocycles. The van der Waals surface area contributed by atoms with Gasteiger partial charge in [-0.2, -0.15) is 0 Å². The summed E-state index contributed by atoms with van der Waals surface area (Å²) in [5.74, 6) is -1.03. The number of carboxylic acids is 1. The molecule has 3 N–H and O–H groups in total. The fourth-order valence-corrected chi connectivity index (χ4v) is 2.12. The molecule has 2 aromatic rings. The van der Waals surface area contributed by atoms with Crippen LogP contribution >= 0.6 is 0 Å². The standard InChI is InChI=1S/C13H17N3O4/c1-15-10-4-3-8(5-11(10)16(2)13(15)19)9(14)6-20-7-12(17)18/h3-5,9H,6-7,14H2,1-2H3,(H,17,18). The molecule has 0 bridgehead atoms. The number of carboxylic acid groups (broad SMARTS) is 1. The zero-order chi connectivity index (χ0) is 14.9. The molecule has 7 heteroatoms. The van der Waals surface area contributed by atoms with Gasteiger partial charge in [0.05, 0.1) is 23.7 Å². The summed E-state index contributed by atoms with van der Waals surface area (Å²) in [6.07, 6.45) is 0. The summed E-state index contributed by atoms with van der Waals surface area (Å²) < 4.78 is 8.09. The first-order valence-electron chi connectivity index (χ1n) is 6.12. The van der Waals surface area contributed by atoms with Gasteiger partial charge in [0.1, 0.15) is 6.61 Å². The Bertz CT molecular complexity index is 701. The van der Waals surface area contributed by atoms with Gasteiger partial charge in [-0.05, 0) is 17.7 Å². The Kier molecular flexibility index (Phi) is 3.91. The number of hydrogen-bond donors (Lipinski definition) is 2. The highest BCUT2D eigenvalue weighted by Gasteiger charge is 2.12. The smallest absolute Gasteiger partial charge is 0.329 e. The molecule has 0 aliphatic rings. The lowest BCUT2D eigenvalue weighted by atomic mass is 10.1. The summed E-state index contributed by atoms with van der Waals surface area (Å²) in [4.78, 5) is 22.2. The largest absolute Gasteiger partial charge is 0.480 e. The van der Waals surface area contributed by atoms with Crippen molar-refractivity contribution < 1.29 is 14.6 Å². The van der Waals surface area contributed by atoms with Gasteiger partial charge in [-0.1, -0.05) is 6.07 Å². The van der Waals surface area contributed by atoms with Gasteiger partial charge in [-0.15, -0.1) is 0 Å². The molecule has 1 unspecified atom stereocenters. The number of nitrogens with two attached hydrogens (primary N) is 1. The van der Waals surface area contributed by atoms with E-state index in [4.69, 9.17) is 15.6 Å². The summed E-state index contributed by atoms with van der Waals surface area (Å²) in [5.41, 5.74) is 8.25. The van der Waals surface area contributed by atoms with Gasteiger partial charge in [0.15, 0.2) is 0 Å². The Morgan fingerprint density at radius 1 is 1.35 bits per heavy atom. The molecule has 7 nitrogen and oxygen atoms in total. The van der Waals surface area contributed by atoms with E-state index in [9.17, 15) is 9.59 Å². The number of nitrogens with zero attached hydrogens (tertiary/aromatic N) is 2. The Balaban J connectivity index is 2.25. The first kappa shape index (κ1) is 14.3. The van der Waals surface area contributed by atoms with Crippen molar-refractivity contribution in [1.29, 1.82) is 0 Å². The van der Waals surface area contributed by atoms with Gasteiger partial charge in [0.2, 0.25) is 0 Å². The van der Waals surface area contributed by atoms with Crippen LogP contribution in [-0.4, -0.2) is 33.4 Å². The summed E-state index contributed by atoms with van der Waals surface area (Å²) in [7, 11) is 3.40. The van der Waals surface area contributed by atoms with E-state index in [1.807, 2.05) is 18.2 Å². The molecule has 0 saturated heterocycles. The molecular formula is C13H17N3O4. The van der Waals surface area contributed by atoms with E-state index in [0.717, 1.165) is 16.6 Å². The second kappa shape index (κ2) is 5.48. The van der Waals surface area contributed by atoms with Crippen LogP contribution in [0, 0.1) is 0 Å². The van der Waals surface area contributed by atoms with Crippen LogP contribution in [0.25, 0.3) is 11.0 Å². The topological polar surface area (TPSA) is 99.5 Å². The number of aryl methyl sites for hydroxylation is 2. The maximum absolute atomic E-state index is 11.8. The number of fused-ring (bicyclic) bond motifs is 1. The van der Waals surface area contributed by atoms with Crippen LogP contribution in [0.2, 0.25) is 0 Å². The van der Waals surface area contributed by atoms with Crippen molar-refractivity contribution in [2.75, 3.05) is 13.2 Å². The third-order valence-electron chi connectivity index (χ3n) is 3.25. The lowest BCUT2D eigenvalue weighted by Crippen LogP contribution is -2.20. The van der Waals surface area contributed by atoms with Gasteiger partial charge >= 0.3 is 11.7 Å². The highest BCUT2D eigenvalue weighted by atomic mass is 16.5. The lowest BCUT2D eigenvalue weighted by Gasteiger charge is -2.12. The number of hydrogen-bond acceptors (Lipinski definition) is 4. The zero-order valence-electron chi connectivity index (χ0n) is 11.4. The third kappa shape index (κ3) is 2.59. The van der Waals surface area contributed by atoms with Gasteiger partial charge in [-0.3, -0.25) is 9.13 Å². The summed E-state index contributed by atoms with van der Waals surface area (Å²) >= 11 is 0. The Hall–Kier alpha value is -2.12. The molecule has 1 aromatic heterocycles. The van der Waals surface area contributed by atoms with Crippen molar-refractivity contribution >= 4 is 17.0 Å². The minimum absolute atomic E-state index is 0.104. The van der Waals surface area contributed by atoms with Crippen LogP contribution < -0.4 is 11.4 Å². The fraction of sp³-hybridized carbons (Fsp3) is 0.385. The quantitative estimate of drug-likeness (QED) is 0.801. The van der Waals surface area contributed by atoms with E-state index >= 15 is 0 Å². The van der Waals surface area contributed by atoms with Crippen molar-refractivity contribution in [3.63, 3.8) is 0 Å². The SMILES string of the molecule is Cn1c(=O)n(C)c2cc(C(N)COCC(=O)O)ccc21. The lowest BCUT2D eigenvalue weighted by molar-refractivity contribution is -0.142. The van der Waals surface area contributed by atoms with Crippen LogP contribution in [-0.2, 0) is 23.6 Å². The summed E-state index contributed by atoms with van der Waals surface area (Å²) in [6, 6.07) is 5.03. The molecule has 0 saturated carbocycles. The number of rotatable bonds is 5. The Morgan fingerprint density at radius 3 is 2.65 bits per heavy atom. The molecule has 20 heavy (non-hydrogen) atoms. The molecule has 2 rings (SSSR count).